The highest BCUT2D eigenvalue weighted by molar-refractivity contribution is 5.94. The zero-order valence-corrected chi connectivity index (χ0v) is 7.87. The number of rotatable bonds is 2. The summed E-state index contributed by atoms with van der Waals surface area (Å²) in [6.45, 7) is 3.65. The predicted octanol–water partition coefficient (Wildman–Crippen LogP) is 1.28. The summed E-state index contributed by atoms with van der Waals surface area (Å²) in [4.78, 5) is 11.2. The van der Waals surface area contributed by atoms with Gasteiger partial charge >= 0.3 is 0 Å². The molecule has 1 amide bonds. The molecule has 1 aromatic carbocycles. The summed E-state index contributed by atoms with van der Waals surface area (Å²) in [6.07, 6.45) is 0. The molecule has 1 aromatic rings. The number of carbonyl (C=O) groups excluding carboxylic acids is 1. The van der Waals surface area contributed by atoms with Crippen molar-refractivity contribution in [3.8, 4) is 0 Å². The molecule has 70 valence electrons. The second kappa shape index (κ2) is 4.05. The number of carbonyl (C=O) groups is 1. The lowest BCUT2D eigenvalue weighted by Crippen LogP contribution is -2.32. The molecule has 0 radical (unpaired) electrons. The van der Waals surface area contributed by atoms with Crippen molar-refractivity contribution < 1.29 is 4.79 Å². The number of hydrogen-bond donors (Lipinski definition) is 2. The fraction of sp³-hybridized carbons (Fsp3) is 0.300. The molecule has 0 unspecified atom stereocenters. The molecule has 3 heteroatoms. The quantitative estimate of drug-likeness (QED) is 0.716. The standard InChI is InChI=1S/C10H14N2O/c1-7-3-5-9(6-4-7)12-10(13)8(2)11/h3-6,8H,11H2,1-2H3,(H,12,13)/t8-/m0/s1. The van der Waals surface area contributed by atoms with E-state index in [0.29, 0.717) is 0 Å². The molecular weight excluding hydrogens is 164 g/mol. The van der Waals surface area contributed by atoms with Gasteiger partial charge in [0.25, 0.3) is 0 Å². The molecule has 0 bridgehead atoms. The van der Waals surface area contributed by atoms with E-state index < -0.39 is 6.04 Å². The van der Waals surface area contributed by atoms with Crippen LogP contribution in [0, 0.1) is 6.92 Å². The van der Waals surface area contributed by atoms with Crippen molar-refractivity contribution in [1.82, 2.24) is 0 Å². The van der Waals surface area contributed by atoms with Crippen LogP contribution in [0.4, 0.5) is 5.69 Å². The minimum Gasteiger partial charge on any atom is -0.325 e. The first kappa shape index (κ1) is 9.74. The SMILES string of the molecule is Cc1ccc(NC(=O)[C@H](C)N)cc1. The first-order chi connectivity index (χ1) is 6.09. The molecule has 0 aliphatic heterocycles. The van der Waals surface area contributed by atoms with E-state index in [0.717, 1.165) is 5.69 Å². The van der Waals surface area contributed by atoms with Crippen LogP contribution in [-0.2, 0) is 4.79 Å². The first-order valence-corrected chi connectivity index (χ1v) is 4.22. The number of nitrogens with two attached hydrogens (primary N) is 1. The fourth-order valence-electron chi connectivity index (χ4n) is 0.893. The summed E-state index contributed by atoms with van der Waals surface area (Å²) in [5.41, 5.74) is 7.35. The summed E-state index contributed by atoms with van der Waals surface area (Å²) >= 11 is 0. The van der Waals surface area contributed by atoms with Gasteiger partial charge in [0, 0.05) is 5.69 Å². The van der Waals surface area contributed by atoms with Crippen LogP contribution in [0.3, 0.4) is 0 Å². The van der Waals surface area contributed by atoms with E-state index in [1.165, 1.54) is 5.56 Å². The lowest BCUT2D eigenvalue weighted by molar-refractivity contribution is -0.117. The van der Waals surface area contributed by atoms with Crippen LogP contribution in [0.25, 0.3) is 0 Å². The van der Waals surface area contributed by atoms with E-state index in [-0.39, 0.29) is 5.91 Å². The summed E-state index contributed by atoms with van der Waals surface area (Å²) in [5, 5.41) is 2.70. The fourth-order valence-corrected chi connectivity index (χ4v) is 0.893. The van der Waals surface area contributed by atoms with Crippen LogP contribution in [-0.4, -0.2) is 11.9 Å². The Morgan fingerprint density at radius 3 is 2.38 bits per heavy atom. The van der Waals surface area contributed by atoms with Crippen LogP contribution < -0.4 is 11.1 Å². The Balaban J connectivity index is 2.65. The average Bonchev–Trinajstić information content (AvgIpc) is 2.08. The largest absolute Gasteiger partial charge is 0.325 e. The maximum absolute atomic E-state index is 11.2. The minimum atomic E-state index is -0.471. The summed E-state index contributed by atoms with van der Waals surface area (Å²) in [7, 11) is 0. The zero-order chi connectivity index (χ0) is 9.84. The Morgan fingerprint density at radius 1 is 1.38 bits per heavy atom. The lowest BCUT2D eigenvalue weighted by atomic mass is 10.2. The molecule has 0 saturated carbocycles. The van der Waals surface area contributed by atoms with Crippen LogP contribution in [0.2, 0.25) is 0 Å². The molecular formula is C10H14N2O. The van der Waals surface area contributed by atoms with Gasteiger partial charge in [-0.3, -0.25) is 4.79 Å². The number of nitrogens with one attached hydrogen (secondary N) is 1. The maximum atomic E-state index is 11.2. The van der Waals surface area contributed by atoms with Gasteiger partial charge in [-0.2, -0.15) is 0 Å². The highest BCUT2D eigenvalue weighted by Gasteiger charge is 2.06. The van der Waals surface area contributed by atoms with Crippen molar-refractivity contribution in [1.29, 1.82) is 0 Å². The Bertz CT molecular complexity index is 290. The average molecular weight is 178 g/mol. The van der Waals surface area contributed by atoms with Crippen molar-refractivity contribution in [3.63, 3.8) is 0 Å². The Morgan fingerprint density at radius 2 is 1.92 bits per heavy atom. The number of hydrogen-bond acceptors (Lipinski definition) is 2. The molecule has 3 N–H and O–H groups in total. The second-order valence-electron chi connectivity index (χ2n) is 3.14. The molecule has 0 aliphatic rings. The normalized spacial score (nSPS) is 12.2. The Kier molecular flexibility index (Phi) is 3.03. The number of aryl methyl sites for hydroxylation is 1. The van der Waals surface area contributed by atoms with Gasteiger partial charge < -0.3 is 11.1 Å². The third kappa shape index (κ3) is 2.87. The monoisotopic (exact) mass is 178 g/mol. The van der Waals surface area contributed by atoms with Crippen molar-refractivity contribution in [2.24, 2.45) is 5.73 Å². The molecule has 0 fully saturated rings. The van der Waals surface area contributed by atoms with E-state index in [1.54, 1.807) is 6.92 Å². The molecule has 13 heavy (non-hydrogen) atoms. The van der Waals surface area contributed by atoms with Gasteiger partial charge in [0.15, 0.2) is 0 Å². The zero-order valence-electron chi connectivity index (χ0n) is 7.87. The van der Waals surface area contributed by atoms with Gasteiger partial charge in [0.05, 0.1) is 6.04 Å². The van der Waals surface area contributed by atoms with E-state index in [9.17, 15) is 4.79 Å². The molecule has 0 heterocycles. The number of amides is 1. The van der Waals surface area contributed by atoms with Crippen LogP contribution in [0.5, 0.6) is 0 Å². The van der Waals surface area contributed by atoms with Crippen molar-refractivity contribution in [3.05, 3.63) is 29.8 Å². The predicted molar refractivity (Wildman–Crippen MR) is 53.5 cm³/mol. The summed E-state index contributed by atoms with van der Waals surface area (Å²) in [6, 6.07) is 7.13. The number of anilines is 1. The Labute approximate surface area is 77.9 Å². The van der Waals surface area contributed by atoms with Gasteiger partial charge in [-0.05, 0) is 26.0 Å². The van der Waals surface area contributed by atoms with Gasteiger partial charge in [0.2, 0.25) is 5.91 Å². The van der Waals surface area contributed by atoms with Crippen molar-refractivity contribution in [2.75, 3.05) is 5.32 Å². The molecule has 1 atom stereocenters. The van der Waals surface area contributed by atoms with E-state index in [4.69, 9.17) is 5.73 Å². The Hall–Kier alpha value is -1.35. The van der Waals surface area contributed by atoms with Gasteiger partial charge in [-0.25, -0.2) is 0 Å². The van der Waals surface area contributed by atoms with E-state index in [2.05, 4.69) is 5.32 Å². The first-order valence-electron chi connectivity index (χ1n) is 4.22. The highest BCUT2D eigenvalue weighted by atomic mass is 16.2. The topological polar surface area (TPSA) is 55.1 Å². The van der Waals surface area contributed by atoms with Gasteiger partial charge in [0.1, 0.15) is 0 Å². The molecule has 0 saturated heterocycles. The van der Waals surface area contributed by atoms with Gasteiger partial charge in [-0.15, -0.1) is 0 Å². The van der Waals surface area contributed by atoms with E-state index in [1.807, 2.05) is 31.2 Å². The van der Waals surface area contributed by atoms with Crippen LogP contribution >= 0.6 is 0 Å². The summed E-state index contributed by atoms with van der Waals surface area (Å²) in [5.74, 6) is -0.163. The minimum absolute atomic E-state index is 0.163. The van der Waals surface area contributed by atoms with Crippen molar-refractivity contribution in [2.45, 2.75) is 19.9 Å². The molecule has 0 spiro atoms. The molecule has 3 nitrogen and oxygen atoms in total. The highest BCUT2D eigenvalue weighted by Crippen LogP contribution is 2.08. The number of benzene rings is 1. The third-order valence-corrected chi connectivity index (χ3v) is 1.73. The maximum Gasteiger partial charge on any atom is 0.240 e. The second-order valence-corrected chi connectivity index (χ2v) is 3.14. The smallest absolute Gasteiger partial charge is 0.240 e. The molecule has 0 aromatic heterocycles. The van der Waals surface area contributed by atoms with Crippen LogP contribution in [0.15, 0.2) is 24.3 Å². The van der Waals surface area contributed by atoms with E-state index >= 15 is 0 Å². The van der Waals surface area contributed by atoms with Crippen LogP contribution in [0.1, 0.15) is 12.5 Å². The van der Waals surface area contributed by atoms with Crippen molar-refractivity contribution >= 4 is 11.6 Å². The third-order valence-electron chi connectivity index (χ3n) is 1.73. The molecule has 0 aliphatic carbocycles. The summed E-state index contributed by atoms with van der Waals surface area (Å²) < 4.78 is 0. The van der Waals surface area contributed by atoms with Gasteiger partial charge in [-0.1, -0.05) is 17.7 Å². The molecule has 1 rings (SSSR count). The lowest BCUT2D eigenvalue weighted by Gasteiger charge is -2.07.